The van der Waals surface area contributed by atoms with Gasteiger partial charge in [-0.1, -0.05) is 12.1 Å². The van der Waals surface area contributed by atoms with Gasteiger partial charge in [0, 0.05) is 13.1 Å². The van der Waals surface area contributed by atoms with Gasteiger partial charge in [0.1, 0.15) is 11.4 Å². The van der Waals surface area contributed by atoms with Gasteiger partial charge in [-0.25, -0.2) is 9.78 Å². The fourth-order valence-electron chi connectivity index (χ4n) is 1.86. The number of ether oxygens (including phenoxy) is 1. The number of aromatic amines is 1. The highest BCUT2D eigenvalue weighted by molar-refractivity contribution is 5.74. The number of hydrogen-bond donors (Lipinski definition) is 3. The molecule has 2 rings (SSSR count). The van der Waals surface area contributed by atoms with Gasteiger partial charge >= 0.3 is 6.09 Å². The number of nitrogens with zero attached hydrogens (tertiary/aromatic N) is 1. The second kappa shape index (κ2) is 6.58. The summed E-state index contributed by atoms with van der Waals surface area (Å²) >= 11 is 0. The molecule has 1 aromatic heterocycles. The van der Waals surface area contributed by atoms with Crippen LogP contribution in [-0.2, 0) is 11.3 Å². The molecule has 114 valence electrons. The monoisotopic (exact) mass is 290 g/mol. The minimum Gasteiger partial charge on any atom is -0.444 e. The quantitative estimate of drug-likeness (QED) is 0.737. The number of aromatic nitrogens is 2. The van der Waals surface area contributed by atoms with Crippen molar-refractivity contribution in [3.05, 3.63) is 30.1 Å². The Morgan fingerprint density at radius 3 is 2.76 bits per heavy atom. The van der Waals surface area contributed by atoms with Crippen molar-refractivity contribution in [2.24, 2.45) is 0 Å². The lowest BCUT2D eigenvalue weighted by Crippen LogP contribution is -2.36. The zero-order valence-electron chi connectivity index (χ0n) is 12.7. The van der Waals surface area contributed by atoms with Crippen LogP contribution in [0.3, 0.4) is 0 Å². The SMILES string of the molecule is CC(C)(C)OC(=O)NCCNCc1nc2ccccc2[nH]1. The van der Waals surface area contributed by atoms with Crippen LogP contribution < -0.4 is 10.6 Å². The van der Waals surface area contributed by atoms with Crippen molar-refractivity contribution < 1.29 is 9.53 Å². The van der Waals surface area contributed by atoms with Crippen molar-refractivity contribution in [1.29, 1.82) is 0 Å². The minimum absolute atomic E-state index is 0.395. The van der Waals surface area contributed by atoms with E-state index in [0.717, 1.165) is 16.9 Å². The summed E-state index contributed by atoms with van der Waals surface area (Å²) in [5.41, 5.74) is 1.52. The number of carbonyl (C=O) groups excluding carboxylic acids is 1. The summed E-state index contributed by atoms with van der Waals surface area (Å²) in [5.74, 6) is 0.883. The Labute approximate surface area is 124 Å². The molecule has 6 heteroatoms. The molecular formula is C15H22N4O2. The second-order valence-corrected chi connectivity index (χ2v) is 5.81. The van der Waals surface area contributed by atoms with E-state index < -0.39 is 11.7 Å². The molecule has 0 unspecified atom stereocenters. The Balaban J connectivity index is 1.67. The van der Waals surface area contributed by atoms with Crippen LogP contribution in [0.5, 0.6) is 0 Å². The molecule has 0 saturated carbocycles. The van der Waals surface area contributed by atoms with Gasteiger partial charge in [0.2, 0.25) is 0 Å². The van der Waals surface area contributed by atoms with Gasteiger partial charge < -0.3 is 20.4 Å². The third kappa shape index (κ3) is 5.07. The predicted octanol–water partition coefficient (Wildman–Crippen LogP) is 2.18. The molecule has 0 spiro atoms. The fraction of sp³-hybridized carbons (Fsp3) is 0.467. The van der Waals surface area contributed by atoms with Crippen molar-refractivity contribution in [3.63, 3.8) is 0 Å². The standard InChI is InChI=1S/C15H22N4O2/c1-15(2,3)21-14(20)17-9-8-16-10-13-18-11-6-4-5-7-12(11)19-13/h4-7,16H,8-10H2,1-3H3,(H,17,20)(H,18,19). The van der Waals surface area contributed by atoms with Gasteiger partial charge in [0.15, 0.2) is 0 Å². The smallest absolute Gasteiger partial charge is 0.407 e. The number of amides is 1. The highest BCUT2D eigenvalue weighted by Gasteiger charge is 2.15. The van der Waals surface area contributed by atoms with Crippen molar-refractivity contribution in [2.75, 3.05) is 13.1 Å². The van der Waals surface area contributed by atoms with E-state index in [1.54, 1.807) is 0 Å². The summed E-state index contributed by atoms with van der Waals surface area (Å²) in [6, 6.07) is 7.91. The minimum atomic E-state index is -0.466. The highest BCUT2D eigenvalue weighted by Crippen LogP contribution is 2.09. The van der Waals surface area contributed by atoms with Crippen molar-refractivity contribution in [1.82, 2.24) is 20.6 Å². The van der Waals surface area contributed by atoms with Crippen LogP contribution in [-0.4, -0.2) is 34.8 Å². The van der Waals surface area contributed by atoms with Gasteiger partial charge in [-0.05, 0) is 32.9 Å². The number of rotatable bonds is 5. The fourth-order valence-corrected chi connectivity index (χ4v) is 1.86. The third-order valence-electron chi connectivity index (χ3n) is 2.70. The van der Waals surface area contributed by atoms with Crippen LogP contribution in [0.15, 0.2) is 24.3 Å². The number of para-hydroxylation sites is 2. The Hall–Kier alpha value is -2.08. The maximum absolute atomic E-state index is 11.4. The first-order chi connectivity index (χ1) is 9.94. The molecule has 3 N–H and O–H groups in total. The summed E-state index contributed by atoms with van der Waals surface area (Å²) in [6.07, 6.45) is -0.395. The average molecular weight is 290 g/mol. The summed E-state index contributed by atoms with van der Waals surface area (Å²) < 4.78 is 5.15. The summed E-state index contributed by atoms with van der Waals surface area (Å²) in [4.78, 5) is 19.1. The zero-order valence-corrected chi connectivity index (χ0v) is 12.7. The van der Waals surface area contributed by atoms with E-state index in [9.17, 15) is 4.79 Å². The summed E-state index contributed by atoms with van der Waals surface area (Å²) in [7, 11) is 0. The van der Waals surface area contributed by atoms with E-state index in [1.165, 1.54) is 0 Å². The topological polar surface area (TPSA) is 79.0 Å². The Morgan fingerprint density at radius 2 is 2.05 bits per heavy atom. The van der Waals surface area contributed by atoms with Crippen LogP contribution in [0.1, 0.15) is 26.6 Å². The average Bonchev–Trinajstić information content (AvgIpc) is 2.78. The number of hydrogen-bond acceptors (Lipinski definition) is 4. The first-order valence-corrected chi connectivity index (χ1v) is 7.05. The van der Waals surface area contributed by atoms with E-state index >= 15 is 0 Å². The largest absolute Gasteiger partial charge is 0.444 e. The molecule has 0 fully saturated rings. The van der Waals surface area contributed by atoms with Crippen molar-refractivity contribution in [3.8, 4) is 0 Å². The summed E-state index contributed by atoms with van der Waals surface area (Å²) in [6.45, 7) is 7.31. The maximum Gasteiger partial charge on any atom is 0.407 e. The molecule has 6 nitrogen and oxygen atoms in total. The zero-order chi connectivity index (χ0) is 15.3. The van der Waals surface area contributed by atoms with Crippen molar-refractivity contribution in [2.45, 2.75) is 32.9 Å². The van der Waals surface area contributed by atoms with Crippen LogP contribution in [0, 0.1) is 0 Å². The Morgan fingerprint density at radius 1 is 1.29 bits per heavy atom. The number of H-pyrrole nitrogens is 1. The van der Waals surface area contributed by atoms with E-state index in [-0.39, 0.29) is 0 Å². The first-order valence-electron chi connectivity index (χ1n) is 7.05. The number of fused-ring (bicyclic) bond motifs is 1. The van der Waals surface area contributed by atoms with Crippen molar-refractivity contribution >= 4 is 17.1 Å². The normalized spacial score (nSPS) is 11.6. The molecule has 0 bridgehead atoms. The molecule has 0 saturated heterocycles. The molecule has 1 amide bonds. The van der Waals surface area contributed by atoms with Crippen LogP contribution in [0.2, 0.25) is 0 Å². The molecule has 0 aliphatic rings. The summed E-state index contributed by atoms with van der Waals surface area (Å²) in [5, 5.41) is 5.91. The van der Waals surface area contributed by atoms with E-state index in [0.29, 0.717) is 19.6 Å². The van der Waals surface area contributed by atoms with E-state index in [4.69, 9.17) is 4.74 Å². The number of nitrogens with one attached hydrogen (secondary N) is 3. The second-order valence-electron chi connectivity index (χ2n) is 5.81. The Kier molecular flexibility index (Phi) is 4.80. The highest BCUT2D eigenvalue weighted by atomic mass is 16.6. The van der Waals surface area contributed by atoms with Gasteiger partial charge in [0.25, 0.3) is 0 Å². The molecule has 0 atom stereocenters. The number of carbonyl (C=O) groups is 1. The van der Waals surface area contributed by atoms with Crippen LogP contribution in [0.4, 0.5) is 4.79 Å². The lowest BCUT2D eigenvalue weighted by atomic mass is 10.2. The van der Waals surface area contributed by atoms with E-state index in [1.807, 2.05) is 45.0 Å². The molecule has 1 heterocycles. The van der Waals surface area contributed by atoms with Crippen LogP contribution >= 0.6 is 0 Å². The van der Waals surface area contributed by atoms with Gasteiger partial charge in [-0.2, -0.15) is 0 Å². The molecule has 2 aromatic rings. The molecule has 1 aromatic carbocycles. The van der Waals surface area contributed by atoms with Crippen LogP contribution in [0.25, 0.3) is 11.0 Å². The molecular weight excluding hydrogens is 268 g/mol. The number of benzene rings is 1. The molecule has 0 aliphatic heterocycles. The van der Waals surface area contributed by atoms with Gasteiger partial charge in [-0.15, -0.1) is 0 Å². The number of alkyl carbamates (subject to hydrolysis) is 1. The first kappa shape index (κ1) is 15.3. The number of imidazole rings is 1. The lowest BCUT2D eigenvalue weighted by Gasteiger charge is -2.19. The van der Waals surface area contributed by atoms with Gasteiger partial charge in [-0.3, -0.25) is 0 Å². The predicted molar refractivity (Wildman–Crippen MR) is 82.0 cm³/mol. The molecule has 21 heavy (non-hydrogen) atoms. The Bertz CT molecular complexity index is 568. The third-order valence-corrected chi connectivity index (χ3v) is 2.70. The molecule has 0 aliphatic carbocycles. The van der Waals surface area contributed by atoms with Gasteiger partial charge in [0.05, 0.1) is 17.6 Å². The molecule has 0 radical (unpaired) electrons. The van der Waals surface area contributed by atoms with E-state index in [2.05, 4.69) is 20.6 Å². The maximum atomic E-state index is 11.4. The lowest BCUT2D eigenvalue weighted by molar-refractivity contribution is 0.0528.